The highest BCUT2D eigenvalue weighted by atomic mass is 15.6. The van der Waals surface area contributed by atoms with Gasteiger partial charge in [0.2, 0.25) is 5.95 Å². The van der Waals surface area contributed by atoms with Crippen LogP contribution < -0.4 is 4.90 Å². The summed E-state index contributed by atoms with van der Waals surface area (Å²) in [6, 6.07) is 12.0. The minimum atomic E-state index is 0.0157. The molecule has 0 spiro atoms. The molecule has 1 unspecified atom stereocenters. The van der Waals surface area contributed by atoms with Crippen molar-refractivity contribution in [1.82, 2.24) is 40.0 Å². The van der Waals surface area contributed by atoms with E-state index in [2.05, 4.69) is 43.4 Å². The molecule has 1 saturated heterocycles. The van der Waals surface area contributed by atoms with Crippen LogP contribution in [0, 0.1) is 6.92 Å². The summed E-state index contributed by atoms with van der Waals surface area (Å²) < 4.78 is 2.01. The molecule has 152 valence electrons. The van der Waals surface area contributed by atoms with Crippen molar-refractivity contribution < 1.29 is 0 Å². The molecule has 0 radical (unpaired) electrons. The standard InChI is InChI=1S/C21H23N9/c1-15-7-5-9-17(13-15)30-26-19(23-27-30)18-10-3-4-12-29(18)21-25-24-20(28(21)2)16-8-6-11-22-14-16/h5-9,11,13-14,18H,3-4,10,12H2,1-2H3. The Kier molecular flexibility index (Phi) is 4.70. The lowest BCUT2D eigenvalue weighted by Crippen LogP contribution is -2.36. The summed E-state index contributed by atoms with van der Waals surface area (Å²) in [6.07, 6.45) is 6.72. The summed E-state index contributed by atoms with van der Waals surface area (Å²) in [5.74, 6) is 2.31. The van der Waals surface area contributed by atoms with E-state index in [4.69, 9.17) is 5.10 Å². The number of pyridine rings is 1. The van der Waals surface area contributed by atoms with E-state index >= 15 is 0 Å². The van der Waals surface area contributed by atoms with E-state index in [-0.39, 0.29) is 6.04 Å². The third kappa shape index (κ3) is 3.32. The molecule has 0 N–H and O–H groups in total. The summed E-state index contributed by atoms with van der Waals surface area (Å²) >= 11 is 0. The predicted molar refractivity (Wildman–Crippen MR) is 112 cm³/mol. The summed E-state index contributed by atoms with van der Waals surface area (Å²) in [4.78, 5) is 8.05. The summed E-state index contributed by atoms with van der Waals surface area (Å²) in [7, 11) is 1.99. The van der Waals surface area contributed by atoms with Crippen LogP contribution in [-0.2, 0) is 7.05 Å². The molecule has 30 heavy (non-hydrogen) atoms. The molecule has 0 amide bonds. The Morgan fingerprint density at radius 2 is 1.97 bits per heavy atom. The molecule has 9 nitrogen and oxygen atoms in total. The number of tetrazole rings is 1. The first kappa shape index (κ1) is 18.4. The number of hydrogen-bond acceptors (Lipinski definition) is 7. The number of hydrogen-bond donors (Lipinski definition) is 0. The Morgan fingerprint density at radius 1 is 1.03 bits per heavy atom. The number of aryl methyl sites for hydroxylation is 1. The number of nitrogens with zero attached hydrogens (tertiary/aromatic N) is 9. The van der Waals surface area contributed by atoms with Gasteiger partial charge < -0.3 is 4.90 Å². The molecule has 1 aliphatic rings. The zero-order valence-corrected chi connectivity index (χ0v) is 17.0. The van der Waals surface area contributed by atoms with Gasteiger partial charge in [-0.05, 0) is 61.2 Å². The first-order valence-electron chi connectivity index (χ1n) is 10.1. The number of piperidine rings is 1. The van der Waals surface area contributed by atoms with Crippen molar-refractivity contribution in [3.8, 4) is 17.1 Å². The molecule has 1 aliphatic heterocycles. The lowest BCUT2D eigenvalue weighted by molar-refractivity contribution is 0.445. The summed E-state index contributed by atoms with van der Waals surface area (Å²) in [6.45, 7) is 2.93. The van der Waals surface area contributed by atoms with Crippen molar-refractivity contribution in [2.75, 3.05) is 11.4 Å². The fourth-order valence-electron chi connectivity index (χ4n) is 3.98. The van der Waals surface area contributed by atoms with E-state index in [9.17, 15) is 0 Å². The molecule has 0 bridgehead atoms. The lowest BCUT2D eigenvalue weighted by Gasteiger charge is -2.34. The minimum absolute atomic E-state index is 0.0157. The highest BCUT2D eigenvalue weighted by Gasteiger charge is 2.31. The summed E-state index contributed by atoms with van der Waals surface area (Å²) in [5.41, 5.74) is 3.01. The highest BCUT2D eigenvalue weighted by molar-refractivity contribution is 5.56. The van der Waals surface area contributed by atoms with Crippen LogP contribution in [0.5, 0.6) is 0 Å². The first-order chi connectivity index (χ1) is 14.7. The van der Waals surface area contributed by atoms with Crippen molar-refractivity contribution in [2.24, 2.45) is 7.05 Å². The molecular weight excluding hydrogens is 378 g/mol. The Balaban J connectivity index is 1.47. The maximum Gasteiger partial charge on any atom is 0.227 e. The Labute approximate surface area is 174 Å². The van der Waals surface area contributed by atoms with Crippen molar-refractivity contribution in [3.63, 3.8) is 0 Å². The van der Waals surface area contributed by atoms with Gasteiger partial charge in [-0.25, -0.2) is 0 Å². The van der Waals surface area contributed by atoms with E-state index in [0.717, 1.165) is 54.4 Å². The quantitative estimate of drug-likeness (QED) is 0.519. The first-order valence-corrected chi connectivity index (χ1v) is 10.1. The van der Waals surface area contributed by atoms with Gasteiger partial charge in [-0.2, -0.15) is 0 Å². The van der Waals surface area contributed by atoms with E-state index in [1.54, 1.807) is 17.2 Å². The third-order valence-electron chi connectivity index (χ3n) is 5.49. The SMILES string of the molecule is Cc1cccc(-n2nnc(C3CCCCN3c3nnc(-c4cccnc4)n3C)n2)c1. The maximum absolute atomic E-state index is 4.70. The molecule has 5 rings (SSSR count). The molecule has 4 heterocycles. The molecule has 1 fully saturated rings. The Hall–Kier alpha value is -3.62. The molecule has 3 aromatic heterocycles. The minimum Gasteiger partial charge on any atom is -0.330 e. The van der Waals surface area contributed by atoms with Gasteiger partial charge in [0.1, 0.15) is 0 Å². The van der Waals surface area contributed by atoms with E-state index in [0.29, 0.717) is 5.82 Å². The molecular formula is C21H23N9. The van der Waals surface area contributed by atoms with Gasteiger partial charge in [-0.1, -0.05) is 12.1 Å². The fraction of sp³-hybridized carbons (Fsp3) is 0.333. The number of anilines is 1. The van der Waals surface area contributed by atoms with Gasteiger partial charge in [0.05, 0.1) is 11.7 Å². The number of rotatable bonds is 4. The Bertz CT molecular complexity index is 1150. The average Bonchev–Trinajstić information content (AvgIpc) is 3.42. The molecule has 1 atom stereocenters. The van der Waals surface area contributed by atoms with Gasteiger partial charge in [0, 0.05) is 31.5 Å². The largest absolute Gasteiger partial charge is 0.330 e. The van der Waals surface area contributed by atoms with Gasteiger partial charge in [0.25, 0.3) is 0 Å². The van der Waals surface area contributed by atoms with E-state index in [1.165, 1.54) is 0 Å². The van der Waals surface area contributed by atoms with Crippen LogP contribution in [0.4, 0.5) is 5.95 Å². The average molecular weight is 401 g/mol. The number of benzene rings is 1. The second kappa shape index (κ2) is 7.66. The maximum atomic E-state index is 4.70. The third-order valence-corrected chi connectivity index (χ3v) is 5.49. The van der Waals surface area contributed by atoms with Crippen LogP contribution in [0.3, 0.4) is 0 Å². The van der Waals surface area contributed by atoms with Crippen LogP contribution in [0.1, 0.15) is 36.7 Å². The van der Waals surface area contributed by atoms with Crippen LogP contribution in [-0.4, -0.2) is 46.5 Å². The lowest BCUT2D eigenvalue weighted by atomic mass is 10.0. The van der Waals surface area contributed by atoms with Crippen LogP contribution in [0.15, 0.2) is 48.8 Å². The molecule has 1 aromatic carbocycles. The van der Waals surface area contributed by atoms with Crippen LogP contribution in [0.25, 0.3) is 17.1 Å². The highest BCUT2D eigenvalue weighted by Crippen LogP contribution is 2.33. The van der Waals surface area contributed by atoms with Crippen molar-refractivity contribution >= 4 is 5.95 Å². The summed E-state index contributed by atoms with van der Waals surface area (Å²) in [5, 5.41) is 22.3. The molecule has 0 aliphatic carbocycles. The van der Waals surface area contributed by atoms with E-state index in [1.807, 2.05) is 41.9 Å². The van der Waals surface area contributed by atoms with Crippen molar-refractivity contribution in [1.29, 1.82) is 0 Å². The molecule has 4 aromatic rings. The molecule has 9 heteroatoms. The normalized spacial score (nSPS) is 16.7. The number of aromatic nitrogens is 8. The van der Waals surface area contributed by atoms with Gasteiger partial charge in [-0.15, -0.1) is 25.2 Å². The van der Waals surface area contributed by atoms with Crippen LogP contribution in [0.2, 0.25) is 0 Å². The van der Waals surface area contributed by atoms with Crippen LogP contribution >= 0.6 is 0 Å². The monoisotopic (exact) mass is 401 g/mol. The zero-order valence-electron chi connectivity index (χ0n) is 17.0. The smallest absolute Gasteiger partial charge is 0.227 e. The van der Waals surface area contributed by atoms with Gasteiger partial charge in [-0.3, -0.25) is 9.55 Å². The Morgan fingerprint density at radius 3 is 2.80 bits per heavy atom. The van der Waals surface area contributed by atoms with Crippen molar-refractivity contribution in [2.45, 2.75) is 32.2 Å². The second-order valence-electron chi connectivity index (χ2n) is 7.61. The van der Waals surface area contributed by atoms with Gasteiger partial charge >= 0.3 is 0 Å². The topological polar surface area (TPSA) is 90.4 Å². The fourth-order valence-corrected chi connectivity index (χ4v) is 3.98. The predicted octanol–water partition coefficient (Wildman–Crippen LogP) is 2.89. The van der Waals surface area contributed by atoms with E-state index < -0.39 is 0 Å². The molecule has 0 saturated carbocycles. The van der Waals surface area contributed by atoms with Crippen molar-refractivity contribution in [3.05, 3.63) is 60.2 Å². The second-order valence-corrected chi connectivity index (χ2v) is 7.61. The van der Waals surface area contributed by atoms with Gasteiger partial charge in [0.15, 0.2) is 11.6 Å². The zero-order chi connectivity index (χ0) is 20.5.